The van der Waals surface area contributed by atoms with Gasteiger partial charge in [-0.25, -0.2) is 0 Å². The molecule has 4 heteroatoms. The van der Waals surface area contributed by atoms with Gasteiger partial charge in [-0.05, 0) is 19.9 Å². The highest BCUT2D eigenvalue weighted by molar-refractivity contribution is 5.76. The lowest BCUT2D eigenvalue weighted by molar-refractivity contribution is -0.133. The van der Waals surface area contributed by atoms with Crippen LogP contribution in [0.3, 0.4) is 0 Å². The molecule has 2 heterocycles. The summed E-state index contributed by atoms with van der Waals surface area (Å²) in [7, 11) is 2.12. The minimum absolute atomic E-state index is 0.338. The second-order valence-corrected chi connectivity index (χ2v) is 5.65. The van der Waals surface area contributed by atoms with Gasteiger partial charge in [-0.3, -0.25) is 9.69 Å². The Morgan fingerprint density at radius 1 is 1.18 bits per heavy atom. The molecule has 0 saturated carbocycles. The number of amides is 1. The number of piperazine rings is 1. The first-order valence-corrected chi connectivity index (χ1v) is 6.78. The van der Waals surface area contributed by atoms with Crippen molar-refractivity contribution in [2.45, 2.75) is 26.3 Å². The van der Waals surface area contributed by atoms with Crippen molar-refractivity contribution in [2.24, 2.45) is 5.92 Å². The Morgan fingerprint density at radius 2 is 1.82 bits per heavy atom. The molecule has 2 aliphatic rings. The maximum Gasteiger partial charge on any atom is 0.223 e. The molecule has 0 radical (unpaired) electrons. The maximum absolute atomic E-state index is 12.0. The zero-order valence-corrected chi connectivity index (χ0v) is 11.4. The average molecular weight is 239 g/mol. The van der Waals surface area contributed by atoms with Gasteiger partial charge in [0.15, 0.2) is 0 Å². The highest BCUT2D eigenvalue weighted by Gasteiger charge is 2.31. The van der Waals surface area contributed by atoms with Gasteiger partial charge in [0.05, 0.1) is 0 Å². The van der Waals surface area contributed by atoms with E-state index < -0.39 is 0 Å². The van der Waals surface area contributed by atoms with Crippen LogP contribution in [0.15, 0.2) is 0 Å². The Labute approximate surface area is 105 Å². The Kier molecular flexibility index (Phi) is 4.05. The molecule has 2 atom stereocenters. The van der Waals surface area contributed by atoms with Crippen LogP contribution in [-0.2, 0) is 4.79 Å². The largest absolute Gasteiger partial charge is 0.340 e. The summed E-state index contributed by atoms with van der Waals surface area (Å²) in [5.74, 6) is 1.14. The Balaban J connectivity index is 1.67. The number of likely N-dealkylation sites (N-methyl/N-ethyl adjacent to an activating group) is 1. The van der Waals surface area contributed by atoms with Gasteiger partial charge in [0.25, 0.3) is 0 Å². The second kappa shape index (κ2) is 5.36. The summed E-state index contributed by atoms with van der Waals surface area (Å²) in [5, 5.41) is 0. The molecule has 98 valence electrons. The van der Waals surface area contributed by atoms with E-state index in [1.54, 1.807) is 0 Å². The molecular formula is C13H25N3O. The van der Waals surface area contributed by atoms with Crippen molar-refractivity contribution in [3.63, 3.8) is 0 Å². The van der Waals surface area contributed by atoms with Crippen LogP contribution in [0.25, 0.3) is 0 Å². The van der Waals surface area contributed by atoms with E-state index in [0.29, 0.717) is 18.4 Å². The predicted octanol–water partition coefficient (Wildman–Crippen LogP) is 0.491. The number of carbonyl (C=O) groups excluding carboxylic acids is 1. The van der Waals surface area contributed by atoms with Crippen LogP contribution in [0.2, 0.25) is 0 Å². The lowest BCUT2D eigenvalue weighted by Gasteiger charge is -2.45. The number of rotatable bonds is 3. The van der Waals surface area contributed by atoms with Crippen LogP contribution in [0.1, 0.15) is 20.3 Å². The smallest absolute Gasteiger partial charge is 0.223 e. The molecule has 0 aromatic carbocycles. The molecule has 4 nitrogen and oxygen atoms in total. The van der Waals surface area contributed by atoms with Gasteiger partial charge in [-0.1, -0.05) is 6.92 Å². The number of nitrogens with zero attached hydrogens (tertiary/aromatic N) is 3. The summed E-state index contributed by atoms with van der Waals surface area (Å²) in [5.41, 5.74) is 0. The Hall–Kier alpha value is -0.610. The van der Waals surface area contributed by atoms with E-state index in [-0.39, 0.29) is 0 Å². The van der Waals surface area contributed by atoms with Crippen molar-refractivity contribution < 1.29 is 4.79 Å². The zero-order valence-electron chi connectivity index (χ0n) is 11.4. The third kappa shape index (κ3) is 2.99. The second-order valence-electron chi connectivity index (χ2n) is 5.65. The van der Waals surface area contributed by atoms with Crippen molar-refractivity contribution in [2.75, 3.05) is 46.3 Å². The summed E-state index contributed by atoms with van der Waals surface area (Å²) < 4.78 is 0. The topological polar surface area (TPSA) is 26.8 Å². The molecule has 0 aromatic heterocycles. The lowest BCUT2D eigenvalue weighted by atomic mass is 9.92. The minimum atomic E-state index is 0.338. The van der Waals surface area contributed by atoms with Crippen molar-refractivity contribution in [1.29, 1.82) is 0 Å². The van der Waals surface area contributed by atoms with E-state index in [1.165, 1.54) is 0 Å². The quantitative estimate of drug-likeness (QED) is 0.717. The van der Waals surface area contributed by atoms with Crippen molar-refractivity contribution in [1.82, 2.24) is 14.7 Å². The summed E-state index contributed by atoms with van der Waals surface area (Å²) in [6.07, 6.45) is 0.695. The number of likely N-dealkylation sites (tertiary alicyclic amines) is 1. The van der Waals surface area contributed by atoms with Gasteiger partial charge >= 0.3 is 0 Å². The summed E-state index contributed by atoms with van der Waals surface area (Å²) in [4.78, 5) is 18.7. The SMILES string of the molecule is C[C@@H]1CN(CCC(=O)N2CCN(C)CC2)[C@@H]1C. The molecule has 0 aromatic rings. The van der Waals surface area contributed by atoms with Crippen LogP contribution in [-0.4, -0.2) is 73.0 Å². The molecule has 0 aliphatic carbocycles. The number of hydrogen-bond acceptors (Lipinski definition) is 3. The van der Waals surface area contributed by atoms with Crippen LogP contribution in [0, 0.1) is 5.92 Å². The fourth-order valence-corrected chi connectivity index (χ4v) is 2.66. The van der Waals surface area contributed by atoms with Crippen LogP contribution < -0.4 is 0 Å². The first-order valence-electron chi connectivity index (χ1n) is 6.78. The first kappa shape index (κ1) is 12.8. The molecule has 0 spiro atoms. The summed E-state index contributed by atoms with van der Waals surface area (Å²) >= 11 is 0. The molecule has 2 rings (SSSR count). The van der Waals surface area contributed by atoms with Gasteiger partial charge < -0.3 is 9.80 Å². The van der Waals surface area contributed by atoms with Gasteiger partial charge in [-0.15, -0.1) is 0 Å². The van der Waals surface area contributed by atoms with E-state index in [0.717, 1.165) is 45.2 Å². The molecule has 2 fully saturated rings. The first-order chi connectivity index (χ1) is 8.08. The fourth-order valence-electron chi connectivity index (χ4n) is 2.66. The molecule has 0 bridgehead atoms. The van der Waals surface area contributed by atoms with Gasteiger partial charge in [0.2, 0.25) is 5.91 Å². The summed E-state index contributed by atoms with van der Waals surface area (Å²) in [6.45, 7) is 10.5. The third-order valence-electron chi connectivity index (χ3n) is 4.39. The van der Waals surface area contributed by atoms with E-state index in [1.807, 2.05) is 4.90 Å². The molecule has 1 amide bonds. The molecule has 2 aliphatic heterocycles. The molecule has 0 N–H and O–H groups in total. The molecule has 2 saturated heterocycles. The number of carbonyl (C=O) groups is 1. The average Bonchev–Trinajstić information content (AvgIpc) is 2.34. The highest BCUT2D eigenvalue weighted by atomic mass is 16.2. The molecular weight excluding hydrogens is 214 g/mol. The van der Waals surface area contributed by atoms with Gasteiger partial charge in [0.1, 0.15) is 0 Å². The van der Waals surface area contributed by atoms with Crippen molar-refractivity contribution in [3.05, 3.63) is 0 Å². The van der Waals surface area contributed by atoms with Crippen LogP contribution in [0.4, 0.5) is 0 Å². The third-order valence-corrected chi connectivity index (χ3v) is 4.39. The van der Waals surface area contributed by atoms with Crippen molar-refractivity contribution in [3.8, 4) is 0 Å². The summed E-state index contributed by atoms with van der Waals surface area (Å²) in [6, 6.07) is 0.662. The zero-order chi connectivity index (χ0) is 12.4. The van der Waals surface area contributed by atoms with Gasteiger partial charge in [0, 0.05) is 51.7 Å². The monoisotopic (exact) mass is 239 g/mol. The Bertz CT molecular complexity index is 274. The Morgan fingerprint density at radius 3 is 2.35 bits per heavy atom. The lowest BCUT2D eigenvalue weighted by Crippen LogP contribution is -2.54. The normalized spacial score (nSPS) is 31.4. The standard InChI is InChI=1S/C13H25N3O/c1-11-10-16(12(11)2)5-4-13(17)15-8-6-14(3)7-9-15/h11-12H,4-10H2,1-3H3/t11-,12-/m1/s1. The maximum atomic E-state index is 12.0. The number of hydrogen-bond donors (Lipinski definition) is 0. The van der Waals surface area contributed by atoms with E-state index in [9.17, 15) is 4.79 Å². The predicted molar refractivity (Wildman–Crippen MR) is 68.9 cm³/mol. The molecule has 0 unspecified atom stereocenters. The van der Waals surface area contributed by atoms with E-state index in [4.69, 9.17) is 0 Å². The fraction of sp³-hybridized carbons (Fsp3) is 0.923. The van der Waals surface area contributed by atoms with E-state index >= 15 is 0 Å². The highest BCUT2D eigenvalue weighted by Crippen LogP contribution is 2.23. The van der Waals surface area contributed by atoms with E-state index in [2.05, 4.69) is 30.7 Å². The molecule has 17 heavy (non-hydrogen) atoms. The van der Waals surface area contributed by atoms with Gasteiger partial charge in [-0.2, -0.15) is 0 Å². The van der Waals surface area contributed by atoms with Crippen LogP contribution >= 0.6 is 0 Å². The van der Waals surface area contributed by atoms with Crippen molar-refractivity contribution >= 4 is 5.91 Å². The van der Waals surface area contributed by atoms with Crippen LogP contribution in [0.5, 0.6) is 0 Å². The minimum Gasteiger partial charge on any atom is -0.340 e.